The van der Waals surface area contributed by atoms with Crippen LogP contribution in [0.2, 0.25) is 0 Å². The molecule has 1 aromatic heterocycles. The summed E-state index contributed by atoms with van der Waals surface area (Å²) in [6.45, 7) is 0. The number of nitrogens with one attached hydrogen (secondary N) is 1. The van der Waals surface area contributed by atoms with Crippen LogP contribution in [0.5, 0.6) is 0 Å². The molecule has 1 heterocycles. The Balaban J connectivity index is 1.83. The van der Waals surface area contributed by atoms with Gasteiger partial charge < -0.3 is 9.87 Å². The zero-order chi connectivity index (χ0) is 19.6. The number of anilines is 1. The maximum Gasteiger partial charge on any atom is 0.228 e. The number of halogens is 3. The van der Waals surface area contributed by atoms with Crippen LogP contribution in [-0.2, 0) is 22.3 Å². The van der Waals surface area contributed by atoms with Gasteiger partial charge >= 0.3 is 0 Å². The number of hydrogen-bond acceptors (Lipinski definition) is 3. The number of carbonyl (C=O) groups excluding carboxylic acids is 1. The van der Waals surface area contributed by atoms with Crippen molar-refractivity contribution in [1.82, 2.24) is 9.78 Å². The van der Waals surface area contributed by atoms with Crippen LogP contribution in [0, 0.1) is 17.5 Å². The van der Waals surface area contributed by atoms with Crippen molar-refractivity contribution in [2.24, 2.45) is 0 Å². The molecule has 1 atom stereocenters. The van der Waals surface area contributed by atoms with E-state index in [9.17, 15) is 26.7 Å². The topological polar surface area (TPSA) is 84.2 Å². The molecule has 0 bridgehead atoms. The molecule has 0 aliphatic heterocycles. The van der Waals surface area contributed by atoms with E-state index in [2.05, 4.69) is 10.4 Å². The first-order valence-electron chi connectivity index (χ1n) is 7.53. The summed E-state index contributed by atoms with van der Waals surface area (Å²) in [5, 5.41) is 6.16. The first-order chi connectivity index (χ1) is 12.8. The minimum absolute atomic E-state index is 0.118. The van der Waals surface area contributed by atoms with E-state index in [4.69, 9.17) is 0 Å². The molecule has 0 saturated heterocycles. The third-order valence-corrected chi connectivity index (χ3v) is 4.32. The lowest BCUT2D eigenvalue weighted by Gasteiger charge is -2.11. The van der Waals surface area contributed by atoms with Gasteiger partial charge in [0.15, 0.2) is 28.5 Å². The summed E-state index contributed by atoms with van der Waals surface area (Å²) < 4.78 is 62.1. The lowest BCUT2D eigenvalue weighted by molar-refractivity contribution is -0.115. The average molecular weight is 395 g/mol. The monoisotopic (exact) mass is 395 g/mol. The Morgan fingerprint density at radius 2 is 2.00 bits per heavy atom. The van der Waals surface area contributed by atoms with Crippen molar-refractivity contribution >= 4 is 22.7 Å². The van der Waals surface area contributed by atoms with Gasteiger partial charge in [0, 0.05) is 11.3 Å². The maximum absolute atomic E-state index is 13.6. The molecule has 0 radical (unpaired) electrons. The van der Waals surface area contributed by atoms with Crippen LogP contribution in [0.1, 0.15) is 5.56 Å². The summed E-state index contributed by atoms with van der Waals surface area (Å²) in [7, 11) is 0. The molecular formula is C17H12F3N3O3S. The smallest absolute Gasteiger partial charge is 0.228 e. The van der Waals surface area contributed by atoms with Gasteiger partial charge in [-0.3, -0.25) is 4.79 Å². The summed E-state index contributed by atoms with van der Waals surface area (Å²) in [5.74, 6) is -3.44. The van der Waals surface area contributed by atoms with Gasteiger partial charge in [0.25, 0.3) is 0 Å². The van der Waals surface area contributed by atoms with Crippen LogP contribution >= 0.6 is 0 Å². The Bertz CT molecular complexity index is 1040. The summed E-state index contributed by atoms with van der Waals surface area (Å²) in [5.41, 5.74) is 0.182. The first-order valence-corrected chi connectivity index (χ1v) is 8.64. The van der Waals surface area contributed by atoms with E-state index in [0.717, 1.165) is 23.1 Å². The van der Waals surface area contributed by atoms with E-state index in [1.165, 1.54) is 30.3 Å². The van der Waals surface area contributed by atoms with Gasteiger partial charge in [-0.2, -0.15) is 5.10 Å². The Kier molecular flexibility index (Phi) is 5.38. The number of benzene rings is 2. The van der Waals surface area contributed by atoms with Gasteiger partial charge in [0.1, 0.15) is 0 Å². The minimum Gasteiger partial charge on any atom is -0.326 e. The van der Waals surface area contributed by atoms with E-state index in [-0.39, 0.29) is 21.8 Å². The molecule has 0 aliphatic carbocycles. The highest BCUT2D eigenvalue weighted by molar-refractivity contribution is 7.79. The SMILES string of the molecule is O=C(Cc1cccc(F)c1F)Nc1ccc(-n2cc(F)cn2)c(S(=O)O)c1. The van der Waals surface area contributed by atoms with E-state index < -0.39 is 40.9 Å². The number of carbonyl (C=O) groups is 1. The molecule has 2 aromatic carbocycles. The van der Waals surface area contributed by atoms with Gasteiger partial charge in [0.2, 0.25) is 5.91 Å². The van der Waals surface area contributed by atoms with E-state index >= 15 is 0 Å². The molecule has 0 spiro atoms. The van der Waals surface area contributed by atoms with Crippen molar-refractivity contribution in [3.63, 3.8) is 0 Å². The van der Waals surface area contributed by atoms with Crippen LogP contribution < -0.4 is 5.32 Å². The van der Waals surface area contributed by atoms with Crippen molar-refractivity contribution in [1.29, 1.82) is 0 Å². The van der Waals surface area contributed by atoms with Crippen molar-refractivity contribution in [3.05, 3.63) is 71.8 Å². The fourth-order valence-corrected chi connectivity index (χ4v) is 2.99. The summed E-state index contributed by atoms with van der Waals surface area (Å²) in [6, 6.07) is 7.49. The molecule has 140 valence electrons. The fraction of sp³-hybridized carbons (Fsp3) is 0.0588. The quantitative estimate of drug-likeness (QED) is 0.651. The van der Waals surface area contributed by atoms with Gasteiger partial charge in [-0.25, -0.2) is 22.1 Å². The largest absolute Gasteiger partial charge is 0.326 e. The second kappa shape index (κ2) is 7.72. The number of rotatable bonds is 5. The van der Waals surface area contributed by atoms with Crippen molar-refractivity contribution in [2.75, 3.05) is 5.32 Å². The Hall–Kier alpha value is -2.98. The van der Waals surface area contributed by atoms with E-state index in [1.54, 1.807) is 0 Å². The third-order valence-electron chi connectivity index (χ3n) is 3.61. The molecule has 3 aromatic rings. The average Bonchev–Trinajstić information content (AvgIpc) is 3.05. The van der Waals surface area contributed by atoms with Crippen LogP contribution in [0.4, 0.5) is 18.9 Å². The summed E-state index contributed by atoms with van der Waals surface area (Å²) in [6.07, 6.45) is 1.54. The lowest BCUT2D eigenvalue weighted by atomic mass is 10.1. The number of aromatic nitrogens is 2. The molecule has 0 saturated carbocycles. The van der Waals surface area contributed by atoms with Gasteiger partial charge in [0.05, 0.1) is 29.4 Å². The predicted molar refractivity (Wildman–Crippen MR) is 91.3 cm³/mol. The van der Waals surface area contributed by atoms with Gasteiger partial charge in [-0.15, -0.1) is 0 Å². The molecular weight excluding hydrogens is 383 g/mol. The zero-order valence-electron chi connectivity index (χ0n) is 13.5. The third kappa shape index (κ3) is 4.23. The van der Waals surface area contributed by atoms with Crippen LogP contribution in [0.15, 0.2) is 53.7 Å². The molecule has 3 rings (SSSR count). The highest BCUT2D eigenvalue weighted by Gasteiger charge is 2.15. The van der Waals surface area contributed by atoms with Gasteiger partial charge in [-0.1, -0.05) is 12.1 Å². The zero-order valence-corrected chi connectivity index (χ0v) is 14.3. The molecule has 6 nitrogen and oxygen atoms in total. The molecule has 27 heavy (non-hydrogen) atoms. The Morgan fingerprint density at radius 3 is 2.67 bits per heavy atom. The Morgan fingerprint density at radius 1 is 1.22 bits per heavy atom. The highest BCUT2D eigenvalue weighted by atomic mass is 32.2. The number of hydrogen-bond donors (Lipinski definition) is 2. The normalized spacial score (nSPS) is 12.0. The molecule has 0 fully saturated rings. The number of amides is 1. The minimum atomic E-state index is -2.45. The van der Waals surface area contributed by atoms with Crippen LogP contribution in [0.25, 0.3) is 5.69 Å². The maximum atomic E-state index is 13.6. The molecule has 1 unspecified atom stereocenters. The fourth-order valence-electron chi connectivity index (χ4n) is 2.42. The second-order valence-corrected chi connectivity index (χ2v) is 6.41. The van der Waals surface area contributed by atoms with Crippen molar-refractivity contribution < 1.29 is 26.7 Å². The highest BCUT2D eigenvalue weighted by Crippen LogP contribution is 2.23. The molecule has 10 heteroatoms. The Labute approximate surface area is 153 Å². The van der Waals surface area contributed by atoms with Gasteiger partial charge in [-0.05, 0) is 24.3 Å². The van der Waals surface area contributed by atoms with Crippen LogP contribution in [0.3, 0.4) is 0 Å². The molecule has 2 N–H and O–H groups in total. The lowest BCUT2D eigenvalue weighted by Crippen LogP contribution is -2.16. The van der Waals surface area contributed by atoms with Crippen molar-refractivity contribution in [2.45, 2.75) is 11.3 Å². The number of nitrogens with zero attached hydrogens (tertiary/aromatic N) is 2. The van der Waals surface area contributed by atoms with E-state index in [1.807, 2.05) is 0 Å². The van der Waals surface area contributed by atoms with Crippen LogP contribution in [-0.4, -0.2) is 24.4 Å². The predicted octanol–water partition coefficient (Wildman–Crippen LogP) is 3.05. The first kappa shape index (κ1) is 18.8. The molecule has 1 amide bonds. The second-order valence-electron chi connectivity index (χ2n) is 5.47. The standard InChI is InChI=1S/C17H12F3N3O3S/c18-11-8-21-23(9-11)14-5-4-12(7-15(14)27(25)26)22-16(24)6-10-2-1-3-13(19)17(10)20/h1-5,7-9H,6H2,(H,22,24)(H,25,26). The summed E-state index contributed by atoms with van der Waals surface area (Å²) >= 11 is -2.45. The summed E-state index contributed by atoms with van der Waals surface area (Å²) in [4.78, 5) is 12.0. The van der Waals surface area contributed by atoms with Crippen molar-refractivity contribution in [3.8, 4) is 5.69 Å². The molecule has 0 aliphatic rings. The van der Waals surface area contributed by atoms with E-state index in [0.29, 0.717) is 0 Å².